The summed E-state index contributed by atoms with van der Waals surface area (Å²) in [6.45, 7) is 7.58. The Morgan fingerprint density at radius 1 is 1.05 bits per heavy atom. The zero-order valence-electron chi connectivity index (χ0n) is 24.2. The van der Waals surface area contributed by atoms with Gasteiger partial charge in [-0.2, -0.15) is 0 Å². The van der Waals surface area contributed by atoms with Crippen LogP contribution in [-0.4, -0.2) is 88.3 Å². The predicted molar refractivity (Wildman–Crippen MR) is 152 cm³/mol. The number of hydrogen-bond donors (Lipinski definition) is 1. The zero-order valence-corrected chi connectivity index (χ0v) is 25.0. The van der Waals surface area contributed by atoms with Crippen LogP contribution in [0, 0.1) is 13.8 Å². The molecule has 1 N–H and O–H groups in total. The first-order valence-electron chi connectivity index (χ1n) is 13.3. The van der Waals surface area contributed by atoms with Crippen molar-refractivity contribution in [2.24, 2.45) is 0 Å². The fourth-order valence-corrected chi connectivity index (χ4v) is 6.59. The standard InChI is InChI=1S/C29H42N4O5S/c1-20-16-26(38-7)17-21(2)28(20)39(36,37)33(6)15-12-27(34)30-22(3)29(35)32(5)19-23-8-9-24-10-13-31(4)14-11-25(24)18-23/h8-9,16-18,22H,10-15,19H2,1-7H3,(H,30,34). The molecule has 0 saturated carbocycles. The second-order valence-corrected chi connectivity index (χ2v) is 12.5. The van der Waals surface area contributed by atoms with Crippen LogP contribution >= 0.6 is 0 Å². The van der Waals surface area contributed by atoms with Gasteiger partial charge in [0.1, 0.15) is 11.8 Å². The molecule has 3 rings (SSSR count). The molecule has 0 aliphatic carbocycles. The van der Waals surface area contributed by atoms with Gasteiger partial charge >= 0.3 is 0 Å². The van der Waals surface area contributed by atoms with E-state index in [9.17, 15) is 18.0 Å². The van der Waals surface area contributed by atoms with Crippen LogP contribution in [0.3, 0.4) is 0 Å². The van der Waals surface area contributed by atoms with E-state index in [0.717, 1.165) is 31.5 Å². The average molecular weight is 559 g/mol. The van der Waals surface area contributed by atoms with Crippen LogP contribution in [0.15, 0.2) is 35.2 Å². The molecule has 10 heteroatoms. The van der Waals surface area contributed by atoms with Gasteiger partial charge in [-0.25, -0.2) is 12.7 Å². The number of fused-ring (bicyclic) bond motifs is 1. The third-order valence-corrected chi connectivity index (χ3v) is 9.49. The lowest BCUT2D eigenvalue weighted by Gasteiger charge is -2.23. The number of carbonyl (C=O) groups excluding carboxylic acids is 2. The SMILES string of the molecule is COc1cc(C)c(S(=O)(=O)N(C)CCC(=O)NC(C)C(=O)N(C)Cc2ccc3c(c2)CCN(C)CC3)c(C)c1. The normalized spacial score (nSPS) is 14.9. The maximum Gasteiger partial charge on any atom is 0.244 e. The zero-order chi connectivity index (χ0) is 28.9. The highest BCUT2D eigenvalue weighted by Crippen LogP contribution is 2.28. The summed E-state index contributed by atoms with van der Waals surface area (Å²) in [6.07, 6.45) is 1.95. The van der Waals surface area contributed by atoms with Gasteiger partial charge in [-0.15, -0.1) is 0 Å². The first kappa shape index (κ1) is 30.6. The van der Waals surface area contributed by atoms with Crippen LogP contribution in [0.1, 0.15) is 41.2 Å². The van der Waals surface area contributed by atoms with E-state index < -0.39 is 16.1 Å². The topological polar surface area (TPSA) is 99.3 Å². The van der Waals surface area contributed by atoms with Crippen molar-refractivity contribution in [3.8, 4) is 5.75 Å². The molecule has 0 aromatic heterocycles. The molecular formula is C29H42N4O5S. The van der Waals surface area contributed by atoms with Gasteiger partial charge in [0.05, 0.1) is 12.0 Å². The van der Waals surface area contributed by atoms with E-state index in [1.165, 1.54) is 29.6 Å². The van der Waals surface area contributed by atoms with Gasteiger partial charge in [0, 0.05) is 46.7 Å². The number of benzene rings is 2. The molecule has 214 valence electrons. The van der Waals surface area contributed by atoms with E-state index in [1.54, 1.807) is 44.9 Å². The summed E-state index contributed by atoms with van der Waals surface area (Å²) in [5.41, 5.74) is 4.91. The molecule has 0 fully saturated rings. The van der Waals surface area contributed by atoms with Gasteiger partial charge in [0.2, 0.25) is 21.8 Å². The number of methoxy groups -OCH3 is 1. The molecule has 2 aromatic carbocycles. The molecule has 0 spiro atoms. The highest BCUT2D eigenvalue weighted by Gasteiger charge is 2.27. The highest BCUT2D eigenvalue weighted by molar-refractivity contribution is 7.89. The van der Waals surface area contributed by atoms with E-state index >= 15 is 0 Å². The van der Waals surface area contributed by atoms with Crippen LogP contribution in [-0.2, 0) is 39.0 Å². The summed E-state index contributed by atoms with van der Waals surface area (Å²) >= 11 is 0. The van der Waals surface area contributed by atoms with Gasteiger partial charge in [-0.05, 0) is 80.6 Å². The molecule has 1 aliphatic rings. The summed E-state index contributed by atoms with van der Waals surface area (Å²) in [4.78, 5) is 29.7. The second kappa shape index (κ2) is 12.9. The Labute approximate surface area is 233 Å². The van der Waals surface area contributed by atoms with E-state index in [2.05, 4.69) is 35.5 Å². The molecule has 0 radical (unpaired) electrons. The number of likely N-dealkylation sites (N-methyl/N-ethyl adjacent to an activating group) is 2. The van der Waals surface area contributed by atoms with Crippen LogP contribution in [0.2, 0.25) is 0 Å². The van der Waals surface area contributed by atoms with Crippen molar-refractivity contribution in [3.05, 3.63) is 58.1 Å². The summed E-state index contributed by atoms with van der Waals surface area (Å²) in [7, 11) is 3.04. The number of nitrogens with zero attached hydrogens (tertiary/aromatic N) is 3. The lowest BCUT2D eigenvalue weighted by Crippen LogP contribution is -2.46. The summed E-state index contributed by atoms with van der Waals surface area (Å²) < 4.78 is 32.8. The van der Waals surface area contributed by atoms with Crippen molar-refractivity contribution < 1.29 is 22.7 Å². The minimum Gasteiger partial charge on any atom is -0.497 e. The van der Waals surface area contributed by atoms with E-state index in [1.807, 2.05) is 0 Å². The van der Waals surface area contributed by atoms with Crippen molar-refractivity contribution >= 4 is 21.8 Å². The van der Waals surface area contributed by atoms with Gasteiger partial charge in [-0.1, -0.05) is 18.2 Å². The molecule has 1 aliphatic heterocycles. The third-order valence-electron chi connectivity index (χ3n) is 7.33. The number of carbonyl (C=O) groups is 2. The molecule has 0 saturated heterocycles. The van der Waals surface area contributed by atoms with Crippen molar-refractivity contribution in [2.45, 2.75) is 57.5 Å². The van der Waals surface area contributed by atoms with Gasteiger partial charge in [-0.3, -0.25) is 9.59 Å². The fraction of sp³-hybridized carbons (Fsp3) is 0.517. The Morgan fingerprint density at radius 3 is 2.28 bits per heavy atom. The second-order valence-electron chi connectivity index (χ2n) is 10.6. The molecule has 2 amide bonds. The molecule has 2 aromatic rings. The minimum atomic E-state index is -3.81. The van der Waals surface area contributed by atoms with Gasteiger partial charge < -0.3 is 19.9 Å². The monoisotopic (exact) mass is 558 g/mol. The smallest absolute Gasteiger partial charge is 0.244 e. The van der Waals surface area contributed by atoms with Crippen molar-refractivity contribution in [2.75, 3.05) is 47.9 Å². The molecule has 39 heavy (non-hydrogen) atoms. The first-order valence-corrected chi connectivity index (χ1v) is 14.7. The highest BCUT2D eigenvalue weighted by atomic mass is 32.2. The van der Waals surface area contributed by atoms with Gasteiger partial charge in [0.25, 0.3) is 0 Å². The number of aryl methyl sites for hydroxylation is 2. The number of rotatable bonds is 10. The van der Waals surface area contributed by atoms with Crippen molar-refractivity contribution in [1.29, 1.82) is 0 Å². The number of ether oxygens (including phenoxy) is 1. The lowest BCUT2D eigenvalue weighted by molar-refractivity contribution is -0.135. The van der Waals surface area contributed by atoms with E-state index in [0.29, 0.717) is 23.4 Å². The summed E-state index contributed by atoms with van der Waals surface area (Å²) in [5, 5.41) is 2.72. The summed E-state index contributed by atoms with van der Waals surface area (Å²) in [5.74, 6) is -0.00313. The number of nitrogens with one attached hydrogen (secondary N) is 1. The Balaban J connectivity index is 1.54. The Hall–Kier alpha value is -2.95. The molecule has 1 unspecified atom stereocenters. The van der Waals surface area contributed by atoms with Gasteiger partial charge in [0.15, 0.2) is 0 Å². The third kappa shape index (κ3) is 7.58. The molecule has 0 bridgehead atoms. The lowest BCUT2D eigenvalue weighted by atomic mass is 10.00. The van der Waals surface area contributed by atoms with Crippen LogP contribution in [0.4, 0.5) is 0 Å². The van der Waals surface area contributed by atoms with E-state index in [-0.39, 0.29) is 29.7 Å². The first-order chi connectivity index (χ1) is 18.3. The predicted octanol–water partition coefficient (Wildman–Crippen LogP) is 2.52. The maximum atomic E-state index is 13.2. The van der Waals surface area contributed by atoms with E-state index in [4.69, 9.17) is 4.74 Å². The maximum absolute atomic E-state index is 13.2. The fourth-order valence-electron chi connectivity index (χ4n) is 5.02. The van der Waals surface area contributed by atoms with Crippen molar-refractivity contribution in [1.82, 2.24) is 19.4 Å². The Kier molecular flexibility index (Phi) is 10.1. The molecule has 9 nitrogen and oxygen atoms in total. The Bertz CT molecular complexity index is 1290. The molecular weight excluding hydrogens is 516 g/mol. The van der Waals surface area contributed by atoms with Crippen LogP contribution in [0.5, 0.6) is 5.75 Å². The largest absolute Gasteiger partial charge is 0.497 e. The minimum absolute atomic E-state index is 0.0138. The molecule has 1 heterocycles. The summed E-state index contributed by atoms with van der Waals surface area (Å²) in [6, 6.07) is 9.03. The quantitative estimate of drug-likeness (QED) is 0.481. The number of sulfonamides is 1. The molecule has 1 atom stereocenters. The van der Waals surface area contributed by atoms with Crippen molar-refractivity contribution in [3.63, 3.8) is 0 Å². The average Bonchev–Trinajstić information content (AvgIpc) is 3.06. The van der Waals surface area contributed by atoms with Crippen LogP contribution < -0.4 is 10.1 Å². The Morgan fingerprint density at radius 2 is 1.67 bits per heavy atom. The van der Waals surface area contributed by atoms with Crippen LogP contribution in [0.25, 0.3) is 0 Å². The number of amides is 2. The number of hydrogen-bond acceptors (Lipinski definition) is 6.